The van der Waals surface area contributed by atoms with Gasteiger partial charge < -0.3 is 20.1 Å². The molecule has 5 nitrogen and oxygen atoms in total. The SMILES string of the molecule is CC1(C)CCc2cccc(NC(=O)N3CCC(CO)C3)c2O1. The first-order chi connectivity index (χ1) is 10.5. The van der Waals surface area contributed by atoms with Gasteiger partial charge in [-0.15, -0.1) is 0 Å². The Labute approximate surface area is 131 Å². The number of benzene rings is 1. The lowest BCUT2D eigenvalue weighted by Crippen LogP contribution is -2.35. The fourth-order valence-electron chi connectivity index (χ4n) is 3.12. The number of nitrogens with one attached hydrogen (secondary N) is 1. The monoisotopic (exact) mass is 304 g/mol. The molecule has 0 bridgehead atoms. The van der Waals surface area contributed by atoms with Crippen molar-refractivity contribution in [2.24, 2.45) is 5.92 Å². The minimum atomic E-state index is -0.205. The number of ether oxygens (including phenoxy) is 1. The molecule has 2 aliphatic rings. The number of urea groups is 1. The maximum absolute atomic E-state index is 12.4. The van der Waals surface area contributed by atoms with Crippen LogP contribution < -0.4 is 10.1 Å². The number of para-hydroxylation sites is 1. The van der Waals surface area contributed by atoms with E-state index in [4.69, 9.17) is 4.74 Å². The third kappa shape index (κ3) is 3.04. The maximum atomic E-state index is 12.4. The summed E-state index contributed by atoms with van der Waals surface area (Å²) in [5.41, 5.74) is 1.68. The van der Waals surface area contributed by atoms with Gasteiger partial charge in [0.1, 0.15) is 11.4 Å². The van der Waals surface area contributed by atoms with E-state index in [-0.39, 0.29) is 24.2 Å². The lowest BCUT2D eigenvalue weighted by Gasteiger charge is -2.34. The lowest BCUT2D eigenvalue weighted by molar-refractivity contribution is 0.0856. The van der Waals surface area contributed by atoms with Crippen LogP contribution in [0, 0.1) is 5.92 Å². The summed E-state index contributed by atoms with van der Waals surface area (Å²) in [5.74, 6) is 0.996. The van der Waals surface area contributed by atoms with E-state index in [2.05, 4.69) is 25.2 Å². The molecule has 1 aromatic rings. The van der Waals surface area contributed by atoms with E-state index in [1.807, 2.05) is 12.1 Å². The molecule has 120 valence electrons. The largest absolute Gasteiger partial charge is 0.485 e. The highest BCUT2D eigenvalue weighted by Crippen LogP contribution is 2.38. The standard InChI is InChI=1S/C17H24N2O3/c1-17(2)8-6-13-4-3-5-14(15(13)22-17)18-16(21)19-9-7-12(10-19)11-20/h3-5,12,20H,6-11H2,1-2H3,(H,18,21). The van der Waals surface area contributed by atoms with Crippen LogP contribution in [0.25, 0.3) is 0 Å². The van der Waals surface area contributed by atoms with Crippen molar-refractivity contribution < 1.29 is 14.6 Å². The summed E-state index contributed by atoms with van der Waals surface area (Å²) in [7, 11) is 0. The molecule has 3 rings (SSSR count). The van der Waals surface area contributed by atoms with Crippen LogP contribution in [0.3, 0.4) is 0 Å². The number of aliphatic hydroxyl groups is 1. The van der Waals surface area contributed by atoms with Crippen LogP contribution in [0.4, 0.5) is 10.5 Å². The molecule has 0 aliphatic carbocycles. The molecule has 1 saturated heterocycles. The van der Waals surface area contributed by atoms with Crippen LogP contribution in [0.1, 0.15) is 32.3 Å². The molecule has 1 atom stereocenters. The molecule has 0 spiro atoms. The molecule has 2 aliphatic heterocycles. The van der Waals surface area contributed by atoms with E-state index in [1.165, 1.54) is 0 Å². The van der Waals surface area contributed by atoms with Gasteiger partial charge in [0, 0.05) is 25.6 Å². The number of carbonyl (C=O) groups is 1. The zero-order valence-corrected chi connectivity index (χ0v) is 13.3. The molecule has 0 saturated carbocycles. The van der Waals surface area contributed by atoms with E-state index >= 15 is 0 Å². The highest BCUT2D eigenvalue weighted by Gasteiger charge is 2.30. The molecular formula is C17H24N2O3. The van der Waals surface area contributed by atoms with Crippen LogP contribution >= 0.6 is 0 Å². The van der Waals surface area contributed by atoms with E-state index in [0.717, 1.165) is 36.3 Å². The minimum absolute atomic E-state index is 0.115. The highest BCUT2D eigenvalue weighted by atomic mass is 16.5. The summed E-state index contributed by atoms with van der Waals surface area (Å²) in [6, 6.07) is 5.78. The van der Waals surface area contributed by atoms with E-state index in [0.29, 0.717) is 13.1 Å². The Morgan fingerprint density at radius 1 is 1.50 bits per heavy atom. The Hall–Kier alpha value is -1.75. The van der Waals surface area contributed by atoms with E-state index in [9.17, 15) is 9.90 Å². The third-order valence-corrected chi connectivity index (χ3v) is 4.54. The average molecular weight is 304 g/mol. The molecule has 1 fully saturated rings. The van der Waals surface area contributed by atoms with Gasteiger partial charge in [0.2, 0.25) is 0 Å². The van der Waals surface area contributed by atoms with E-state index in [1.54, 1.807) is 4.90 Å². The summed E-state index contributed by atoms with van der Waals surface area (Å²) < 4.78 is 6.08. The molecule has 1 aromatic carbocycles. The van der Waals surface area contributed by atoms with Crippen LogP contribution in [-0.4, -0.2) is 41.3 Å². The third-order valence-electron chi connectivity index (χ3n) is 4.54. The van der Waals surface area contributed by atoms with Crippen molar-refractivity contribution in [2.75, 3.05) is 25.0 Å². The van der Waals surface area contributed by atoms with Crippen molar-refractivity contribution in [3.05, 3.63) is 23.8 Å². The van der Waals surface area contributed by atoms with Gasteiger partial charge in [0.05, 0.1) is 5.69 Å². The van der Waals surface area contributed by atoms with Crippen LogP contribution in [-0.2, 0) is 6.42 Å². The predicted molar refractivity (Wildman–Crippen MR) is 85.3 cm³/mol. The van der Waals surface area contributed by atoms with Crippen LogP contribution in [0.5, 0.6) is 5.75 Å². The highest BCUT2D eigenvalue weighted by molar-refractivity contribution is 5.91. The summed E-state index contributed by atoms with van der Waals surface area (Å²) in [6.07, 6.45) is 2.80. The predicted octanol–water partition coefficient (Wildman–Crippen LogP) is 2.64. The van der Waals surface area contributed by atoms with Crippen molar-refractivity contribution >= 4 is 11.7 Å². The van der Waals surface area contributed by atoms with Crippen LogP contribution in [0.15, 0.2) is 18.2 Å². The number of hydrogen-bond donors (Lipinski definition) is 2. The van der Waals surface area contributed by atoms with Gasteiger partial charge in [0.15, 0.2) is 0 Å². The molecule has 22 heavy (non-hydrogen) atoms. The van der Waals surface area contributed by atoms with Crippen molar-refractivity contribution in [2.45, 2.75) is 38.7 Å². The van der Waals surface area contributed by atoms with Gasteiger partial charge in [-0.05, 0) is 44.7 Å². The zero-order valence-electron chi connectivity index (χ0n) is 13.3. The number of nitrogens with zero attached hydrogens (tertiary/aromatic N) is 1. The first-order valence-electron chi connectivity index (χ1n) is 7.96. The minimum Gasteiger partial charge on any atom is -0.485 e. The number of likely N-dealkylation sites (tertiary alicyclic amines) is 1. The summed E-state index contributed by atoms with van der Waals surface area (Å²) in [4.78, 5) is 14.2. The second-order valence-electron chi connectivity index (χ2n) is 6.87. The molecule has 2 amide bonds. The fourth-order valence-corrected chi connectivity index (χ4v) is 3.12. The summed E-state index contributed by atoms with van der Waals surface area (Å²) in [5, 5.41) is 12.2. The molecule has 0 radical (unpaired) electrons. The van der Waals surface area contributed by atoms with Crippen molar-refractivity contribution in [1.82, 2.24) is 4.90 Å². The second-order valence-corrected chi connectivity index (χ2v) is 6.87. The topological polar surface area (TPSA) is 61.8 Å². The van der Waals surface area contributed by atoms with Gasteiger partial charge in [-0.3, -0.25) is 0 Å². The maximum Gasteiger partial charge on any atom is 0.321 e. The summed E-state index contributed by atoms with van der Waals surface area (Å²) in [6.45, 7) is 5.59. The smallest absolute Gasteiger partial charge is 0.321 e. The van der Waals surface area contributed by atoms with Gasteiger partial charge in [-0.25, -0.2) is 4.79 Å². The number of anilines is 1. The molecule has 2 N–H and O–H groups in total. The number of hydrogen-bond acceptors (Lipinski definition) is 3. The Bertz CT molecular complexity index is 571. The van der Waals surface area contributed by atoms with E-state index < -0.39 is 0 Å². The normalized spacial score (nSPS) is 22.9. The zero-order chi connectivity index (χ0) is 15.7. The number of carbonyl (C=O) groups excluding carboxylic acids is 1. The Kier molecular flexibility index (Phi) is 4.00. The van der Waals surface area contributed by atoms with Crippen LogP contribution in [0.2, 0.25) is 0 Å². The molecule has 1 unspecified atom stereocenters. The number of aryl methyl sites for hydroxylation is 1. The quantitative estimate of drug-likeness (QED) is 0.883. The molecule has 0 aromatic heterocycles. The summed E-state index contributed by atoms with van der Waals surface area (Å²) >= 11 is 0. The lowest BCUT2D eigenvalue weighted by atomic mass is 9.94. The number of aliphatic hydroxyl groups excluding tert-OH is 1. The van der Waals surface area contributed by atoms with Gasteiger partial charge in [-0.2, -0.15) is 0 Å². The first kappa shape index (κ1) is 15.2. The van der Waals surface area contributed by atoms with Gasteiger partial charge in [-0.1, -0.05) is 12.1 Å². The average Bonchev–Trinajstić information content (AvgIpc) is 2.96. The number of fused-ring (bicyclic) bond motifs is 1. The number of amides is 2. The molecule has 2 heterocycles. The Morgan fingerprint density at radius 2 is 2.32 bits per heavy atom. The van der Waals surface area contributed by atoms with Crippen molar-refractivity contribution in [3.8, 4) is 5.75 Å². The van der Waals surface area contributed by atoms with Gasteiger partial charge in [0.25, 0.3) is 0 Å². The molecular weight excluding hydrogens is 280 g/mol. The van der Waals surface area contributed by atoms with Crippen molar-refractivity contribution in [3.63, 3.8) is 0 Å². The fraction of sp³-hybridized carbons (Fsp3) is 0.588. The number of rotatable bonds is 2. The molecule has 5 heteroatoms. The Balaban J connectivity index is 1.75. The first-order valence-corrected chi connectivity index (χ1v) is 7.96. The van der Waals surface area contributed by atoms with Gasteiger partial charge >= 0.3 is 6.03 Å². The van der Waals surface area contributed by atoms with Crippen molar-refractivity contribution in [1.29, 1.82) is 0 Å². The Morgan fingerprint density at radius 3 is 3.05 bits per heavy atom. The second kappa shape index (κ2) is 5.80.